The zero-order valence-corrected chi connectivity index (χ0v) is 12.9. The zero-order valence-electron chi connectivity index (χ0n) is 12.9. The van der Waals surface area contributed by atoms with E-state index in [-0.39, 0.29) is 0 Å². The highest BCUT2D eigenvalue weighted by Crippen LogP contribution is 2.31. The van der Waals surface area contributed by atoms with Crippen LogP contribution in [0.25, 0.3) is 0 Å². The fourth-order valence-corrected chi connectivity index (χ4v) is 2.92. The first-order valence-corrected chi connectivity index (χ1v) is 7.60. The van der Waals surface area contributed by atoms with Crippen LogP contribution in [0.2, 0.25) is 0 Å². The van der Waals surface area contributed by atoms with Crippen LogP contribution in [0.15, 0.2) is 6.07 Å². The van der Waals surface area contributed by atoms with Gasteiger partial charge in [0, 0.05) is 0 Å². The number of hydrogen-bond acceptors (Lipinski definition) is 3. The van der Waals surface area contributed by atoms with Crippen LogP contribution in [0.1, 0.15) is 50.9 Å². The Hall–Kier alpha value is -1.03. The molecule has 1 heterocycles. The monoisotopic (exact) mass is 272 g/mol. The molecule has 1 aliphatic carbocycles. The summed E-state index contributed by atoms with van der Waals surface area (Å²) in [6, 6.07) is 1.77. The molecule has 0 bridgehead atoms. The van der Waals surface area contributed by atoms with Gasteiger partial charge in [-0.15, -0.1) is 0 Å². The van der Waals surface area contributed by atoms with Gasteiger partial charge in [-0.25, -0.2) is 0 Å². The fraction of sp³-hybridized carbons (Fsp3) is 0.688. The Morgan fingerprint density at radius 1 is 1.35 bits per heavy atom. The normalized spacial score (nSPS) is 23.2. The number of rotatable bonds is 4. The summed E-state index contributed by atoms with van der Waals surface area (Å²) in [5.41, 5.74) is 8.69. The molecule has 0 aliphatic heterocycles. The molecule has 4 heteroatoms. The lowest BCUT2D eigenvalue weighted by Crippen LogP contribution is -2.25. The van der Waals surface area contributed by atoms with Crippen LogP contribution in [0, 0.1) is 18.8 Å². The summed E-state index contributed by atoms with van der Waals surface area (Å²) in [6.45, 7) is 7.01. The number of pyridine rings is 1. The SMILES string of the molecule is [B]c1cc(N)c(C)nc1COC1CCC(C(C)C)CC1. The highest BCUT2D eigenvalue weighted by molar-refractivity contribution is 6.33. The van der Waals surface area contributed by atoms with Crippen molar-refractivity contribution in [3.8, 4) is 0 Å². The van der Waals surface area contributed by atoms with Crippen LogP contribution in [0.5, 0.6) is 0 Å². The third kappa shape index (κ3) is 3.75. The molecule has 108 valence electrons. The molecule has 0 saturated heterocycles. The van der Waals surface area contributed by atoms with Crippen LogP contribution in [0.4, 0.5) is 5.69 Å². The molecule has 20 heavy (non-hydrogen) atoms. The van der Waals surface area contributed by atoms with E-state index in [0.717, 1.165) is 36.1 Å². The average molecular weight is 272 g/mol. The topological polar surface area (TPSA) is 48.1 Å². The van der Waals surface area contributed by atoms with Gasteiger partial charge in [-0.2, -0.15) is 0 Å². The minimum absolute atomic E-state index is 0.351. The predicted octanol–water partition coefficient (Wildman–Crippen LogP) is 2.50. The number of ether oxygens (including phenoxy) is 1. The van der Waals surface area contributed by atoms with Crippen LogP contribution in [-0.2, 0) is 11.3 Å². The van der Waals surface area contributed by atoms with Crippen LogP contribution in [-0.4, -0.2) is 18.9 Å². The number of aryl methyl sites for hydroxylation is 1. The average Bonchev–Trinajstić information content (AvgIpc) is 2.42. The van der Waals surface area contributed by atoms with Crippen LogP contribution < -0.4 is 11.2 Å². The summed E-state index contributed by atoms with van der Waals surface area (Å²) in [6.07, 6.45) is 5.19. The van der Waals surface area contributed by atoms with Gasteiger partial charge in [0.15, 0.2) is 0 Å². The number of aromatic nitrogens is 1. The van der Waals surface area contributed by atoms with E-state index in [0.29, 0.717) is 23.9 Å². The van der Waals surface area contributed by atoms with Crippen molar-refractivity contribution >= 4 is 19.0 Å². The first-order valence-electron chi connectivity index (χ1n) is 7.60. The minimum Gasteiger partial charge on any atom is -0.397 e. The van der Waals surface area contributed by atoms with Crippen molar-refractivity contribution in [2.45, 2.75) is 59.2 Å². The van der Waals surface area contributed by atoms with Crippen molar-refractivity contribution in [1.29, 1.82) is 0 Å². The van der Waals surface area contributed by atoms with Gasteiger partial charge < -0.3 is 10.5 Å². The maximum Gasteiger partial charge on any atom is 0.116 e. The quantitative estimate of drug-likeness (QED) is 0.857. The molecule has 1 aliphatic rings. The highest BCUT2D eigenvalue weighted by Gasteiger charge is 2.23. The van der Waals surface area contributed by atoms with E-state index in [1.807, 2.05) is 6.92 Å². The summed E-state index contributed by atoms with van der Waals surface area (Å²) in [7, 11) is 5.95. The van der Waals surface area contributed by atoms with Crippen molar-refractivity contribution in [1.82, 2.24) is 4.98 Å². The molecule has 2 N–H and O–H groups in total. The van der Waals surface area contributed by atoms with Crippen LogP contribution in [0.3, 0.4) is 0 Å². The summed E-state index contributed by atoms with van der Waals surface area (Å²) >= 11 is 0. The van der Waals surface area contributed by atoms with E-state index >= 15 is 0 Å². The van der Waals surface area contributed by atoms with Gasteiger partial charge in [0.1, 0.15) is 7.85 Å². The molecular weight excluding hydrogens is 247 g/mol. The van der Waals surface area contributed by atoms with E-state index in [4.69, 9.17) is 18.3 Å². The van der Waals surface area contributed by atoms with Crippen molar-refractivity contribution in [3.63, 3.8) is 0 Å². The molecule has 0 spiro atoms. The van der Waals surface area contributed by atoms with Crippen molar-refractivity contribution in [3.05, 3.63) is 17.5 Å². The van der Waals surface area contributed by atoms with E-state index in [1.165, 1.54) is 12.8 Å². The van der Waals surface area contributed by atoms with Crippen LogP contribution >= 0.6 is 0 Å². The molecule has 2 rings (SSSR count). The lowest BCUT2D eigenvalue weighted by molar-refractivity contribution is 0.00150. The second-order valence-electron chi connectivity index (χ2n) is 6.29. The summed E-state index contributed by atoms with van der Waals surface area (Å²) in [5.74, 6) is 1.64. The molecule has 1 aromatic rings. The number of nitrogens with two attached hydrogens (primary N) is 1. The van der Waals surface area contributed by atoms with E-state index in [9.17, 15) is 0 Å². The van der Waals surface area contributed by atoms with Crippen molar-refractivity contribution in [2.75, 3.05) is 5.73 Å². The van der Waals surface area contributed by atoms with Gasteiger partial charge in [0.2, 0.25) is 0 Å². The number of nitrogens with zero attached hydrogens (tertiary/aromatic N) is 1. The molecule has 1 aromatic heterocycles. The summed E-state index contributed by atoms with van der Waals surface area (Å²) < 4.78 is 5.99. The Bertz CT molecular complexity index is 454. The molecule has 0 atom stereocenters. The smallest absolute Gasteiger partial charge is 0.116 e. The number of hydrogen-bond donors (Lipinski definition) is 1. The molecule has 0 aromatic carbocycles. The third-order valence-corrected chi connectivity index (χ3v) is 4.48. The Morgan fingerprint density at radius 2 is 2.00 bits per heavy atom. The first-order chi connectivity index (χ1) is 9.47. The Kier molecular flexibility index (Phi) is 5.08. The largest absolute Gasteiger partial charge is 0.397 e. The molecular formula is C16H25BN2O. The lowest BCUT2D eigenvalue weighted by Gasteiger charge is -2.30. The molecule has 1 saturated carbocycles. The third-order valence-electron chi connectivity index (χ3n) is 4.48. The highest BCUT2D eigenvalue weighted by atomic mass is 16.5. The molecule has 2 radical (unpaired) electrons. The van der Waals surface area contributed by atoms with Crippen molar-refractivity contribution in [2.24, 2.45) is 11.8 Å². The Labute approximate surface area is 123 Å². The van der Waals surface area contributed by atoms with E-state index in [1.54, 1.807) is 6.07 Å². The molecule has 3 nitrogen and oxygen atoms in total. The lowest BCUT2D eigenvalue weighted by atomic mass is 9.80. The molecule has 1 fully saturated rings. The number of anilines is 1. The maximum atomic E-state index is 5.99. The fourth-order valence-electron chi connectivity index (χ4n) is 2.92. The Morgan fingerprint density at radius 3 is 2.60 bits per heavy atom. The summed E-state index contributed by atoms with van der Waals surface area (Å²) in [5, 5.41) is 0. The maximum absolute atomic E-state index is 5.99. The summed E-state index contributed by atoms with van der Waals surface area (Å²) in [4.78, 5) is 4.42. The van der Waals surface area contributed by atoms with E-state index in [2.05, 4.69) is 18.8 Å². The second kappa shape index (κ2) is 6.62. The second-order valence-corrected chi connectivity index (χ2v) is 6.29. The van der Waals surface area contributed by atoms with Crippen molar-refractivity contribution < 1.29 is 4.74 Å². The van der Waals surface area contributed by atoms with Gasteiger partial charge in [-0.3, -0.25) is 4.98 Å². The van der Waals surface area contributed by atoms with Gasteiger partial charge in [0.25, 0.3) is 0 Å². The van der Waals surface area contributed by atoms with Gasteiger partial charge in [-0.05, 0) is 50.5 Å². The Balaban J connectivity index is 1.86. The molecule has 0 amide bonds. The molecule has 0 unspecified atom stereocenters. The number of nitrogen functional groups attached to an aromatic ring is 1. The van der Waals surface area contributed by atoms with Gasteiger partial charge in [0.05, 0.1) is 29.8 Å². The van der Waals surface area contributed by atoms with Gasteiger partial charge >= 0.3 is 0 Å². The zero-order chi connectivity index (χ0) is 14.7. The predicted molar refractivity (Wildman–Crippen MR) is 84.1 cm³/mol. The first kappa shape index (κ1) is 15.4. The standard InChI is InChI=1S/C16H25BN2O/c1-10(2)12-4-6-13(7-5-12)20-9-16-14(17)8-15(18)11(3)19-16/h8,10,12-13H,4-7,9,18H2,1-3H3. The minimum atomic E-state index is 0.351. The van der Waals surface area contributed by atoms with E-state index < -0.39 is 0 Å². The van der Waals surface area contributed by atoms with Gasteiger partial charge in [-0.1, -0.05) is 19.3 Å².